The number of benzene rings is 5. The fraction of sp³-hybridized carbons (Fsp3) is 0.114. The Labute approximate surface area is 457 Å². The first-order valence-electron chi connectivity index (χ1n) is 20.0. The highest BCUT2D eigenvalue weighted by Gasteiger charge is 2.28. The van der Waals surface area contributed by atoms with Crippen LogP contribution in [0.4, 0.5) is 51.7 Å². The number of phenols is 1. The van der Waals surface area contributed by atoms with Crippen molar-refractivity contribution in [1.29, 1.82) is 0 Å². The van der Waals surface area contributed by atoms with Crippen molar-refractivity contribution in [3.8, 4) is 5.75 Å². The Morgan fingerprint density at radius 2 is 1.13 bits per heavy atom. The lowest BCUT2D eigenvalue weighted by molar-refractivity contribution is -0.432. The van der Waals surface area contributed by atoms with Gasteiger partial charge in [0.25, 0.3) is 20.2 Å². The average molecular weight is 1280 g/mol. The van der Waals surface area contributed by atoms with Gasteiger partial charge in [-0.05, 0) is 78.3 Å². The van der Waals surface area contributed by atoms with Gasteiger partial charge < -0.3 is 21.5 Å². The minimum absolute atomic E-state index is 0.0286. The third-order valence-electron chi connectivity index (χ3n) is 9.42. The van der Waals surface area contributed by atoms with Crippen molar-refractivity contribution < 1.29 is 111 Å². The molecule has 0 bridgehead atoms. The standard InChI is InChI=1S/C35H31ClN10O25S8/c36-33-40-34(38-17-2-1-3-19(12-17)74(50,51)10-8-66-78(60,61)62)42-35(41-33)39-18-4-7-28(76(54,55)56)24(13-18)44-46-30-27(73-71-69-49)16-22-21(31(30)47)15-25(29(37)32(22)77(57,58)59)45-43-23-6-5-20(14-26(23)72-70-68-48)75(52,53)11-9-67-79(63,64)65/h1-7,12-16,47-49H,8-11,37H2,(H,54,55,56)(H,57,58,59)(H,60,61,62)(H,63,64,65)(H2,38,39,40,41,42). The van der Waals surface area contributed by atoms with Gasteiger partial charge in [-0.25, -0.2) is 35.7 Å². The monoisotopic (exact) mass is 1280 g/mol. The molecule has 0 saturated heterocycles. The Morgan fingerprint density at radius 3 is 1.68 bits per heavy atom. The lowest BCUT2D eigenvalue weighted by atomic mass is 10.1. The molecule has 11 N–H and O–H groups in total. The molecule has 44 heteroatoms. The first kappa shape index (κ1) is 62.2. The van der Waals surface area contributed by atoms with Gasteiger partial charge in [0.05, 0.1) is 74.1 Å². The maximum absolute atomic E-state index is 12.9. The maximum Gasteiger partial charge on any atom is 0.397 e. The molecule has 1 heterocycles. The second kappa shape index (κ2) is 25.2. The Balaban J connectivity index is 1.39. The van der Waals surface area contributed by atoms with Crippen LogP contribution in [0.2, 0.25) is 5.28 Å². The van der Waals surface area contributed by atoms with Crippen molar-refractivity contribution >= 4 is 159 Å². The maximum atomic E-state index is 12.9. The fourth-order valence-corrected chi connectivity index (χ4v) is 11.9. The number of nitrogens with zero attached hydrogens (tertiary/aromatic N) is 7. The molecule has 6 aromatic rings. The summed E-state index contributed by atoms with van der Waals surface area (Å²) in [6, 6.07) is 12.3. The SMILES string of the molecule is Nc1c(N=Nc2ccc(S(=O)(=O)CCOS(=O)(=O)O)cc2SOOO)cc2c(O)c(N=Nc3cc(Nc4nc(Cl)nc(Nc5cccc(S(=O)(=O)CCOS(=O)(=O)O)c5)n4)ccc3S(=O)(=O)O)c(SOOO)cc2c1S(=O)(=O)O. The minimum atomic E-state index is -5.43. The van der Waals surface area contributed by atoms with E-state index in [1.54, 1.807) is 0 Å². The highest BCUT2D eigenvalue weighted by atomic mass is 35.5. The molecule has 5 aromatic carbocycles. The molecule has 0 aliphatic rings. The van der Waals surface area contributed by atoms with Crippen molar-refractivity contribution in [1.82, 2.24) is 15.0 Å². The molecule has 0 aliphatic carbocycles. The largest absolute Gasteiger partial charge is 0.505 e. The molecule has 6 rings (SSSR count). The normalized spacial score (nSPS) is 12.9. The molecule has 1 aromatic heterocycles. The molecule has 0 atom stereocenters. The van der Waals surface area contributed by atoms with Crippen LogP contribution in [0.5, 0.6) is 5.75 Å². The number of phenolic OH excluding ortho intramolecular Hbond substituents is 1. The zero-order valence-corrected chi connectivity index (χ0v) is 45.4. The summed E-state index contributed by atoms with van der Waals surface area (Å²) in [5, 5.41) is 55.9. The summed E-state index contributed by atoms with van der Waals surface area (Å²) in [5.74, 6) is -3.58. The first-order valence-corrected chi connectivity index (χ1v) is 30.8. The number of sulfone groups is 2. The quantitative estimate of drug-likeness (QED) is 0.00763. The van der Waals surface area contributed by atoms with Gasteiger partial charge in [-0.2, -0.15) is 48.6 Å². The fourth-order valence-electron chi connectivity index (χ4n) is 6.24. The van der Waals surface area contributed by atoms with E-state index in [0.717, 1.165) is 54.6 Å². The second-order valence-corrected chi connectivity index (χ2v) is 25.6. The highest BCUT2D eigenvalue weighted by molar-refractivity contribution is 7.95. The van der Waals surface area contributed by atoms with E-state index in [9.17, 15) is 64.7 Å². The van der Waals surface area contributed by atoms with Crippen LogP contribution in [0.15, 0.2) is 123 Å². The summed E-state index contributed by atoms with van der Waals surface area (Å²) < 4.78 is 201. The third-order valence-corrected chi connectivity index (χ3v) is 17.0. The molecular formula is C35H31ClN10O25S8. The number of nitrogen functional groups attached to an aromatic ring is 1. The van der Waals surface area contributed by atoms with Crippen LogP contribution >= 0.6 is 35.7 Å². The molecule has 0 radical (unpaired) electrons. The molecule has 0 aliphatic heterocycles. The van der Waals surface area contributed by atoms with E-state index in [1.807, 2.05) is 0 Å². The Hall–Kier alpha value is -6.02. The summed E-state index contributed by atoms with van der Waals surface area (Å²) in [6.45, 7) is -1.92. The zero-order chi connectivity index (χ0) is 58.3. The Morgan fingerprint density at radius 1 is 0.582 bits per heavy atom. The number of azo groups is 2. The van der Waals surface area contributed by atoms with E-state index in [-0.39, 0.29) is 62.8 Å². The summed E-state index contributed by atoms with van der Waals surface area (Å²) in [4.78, 5) is 8.24. The molecule has 0 fully saturated rings. The minimum Gasteiger partial charge on any atom is -0.505 e. The van der Waals surface area contributed by atoms with Crippen molar-refractivity contribution in [2.75, 3.05) is 41.1 Å². The summed E-state index contributed by atoms with van der Waals surface area (Å²) in [5.41, 5.74) is 2.80. The second-order valence-electron chi connectivity index (χ2n) is 14.6. The predicted molar refractivity (Wildman–Crippen MR) is 269 cm³/mol. The topological polar surface area (TPSA) is 540 Å². The van der Waals surface area contributed by atoms with Gasteiger partial charge in [0.15, 0.2) is 25.4 Å². The molecule has 0 saturated carbocycles. The van der Waals surface area contributed by atoms with Gasteiger partial charge in [0.1, 0.15) is 32.5 Å². The molecular weight excluding hydrogens is 1250 g/mol. The number of nitrogens with two attached hydrogens (primary N) is 1. The van der Waals surface area contributed by atoms with Crippen LogP contribution in [0, 0.1) is 0 Å². The summed E-state index contributed by atoms with van der Waals surface area (Å²) in [7, 11) is -29.1. The van der Waals surface area contributed by atoms with Gasteiger partial charge in [-0.3, -0.25) is 18.2 Å². The van der Waals surface area contributed by atoms with Gasteiger partial charge in [-0.15, -0.1) is 29.1 Å². The number of aromatic hydroxyl groups is 1. The molecule has 35 nitrogen and oxygen atoms in total. The molecule has 0 spiro atoms. The van der Waals surface area contributed by atoms with E-state index >= 15 is 0 Å². The van der Waals surface area contributed by atoms with Crippen LogP contribution in [0.3, 0.4) is 0 Å². The van der Waals surface area contributed by atoms with E-state index in [2.05, 4.69) is 73.2 Å². The lowest BCUT2D eigenvalue weighted by Gasteiger charge is -2.14. The van der Waals surface area contributed by atoms with Crippen molar-refractivity contribution in [3.05, 3.63) is 78.1 Å². The Bertz CT molecular complexity index is 4110. The number of halogens is 1. The van der Waals surface area contributed by atoms with Crippen molar-refractivity contribution in [2.24, 2.45) is 20.5 Å². The average Bonchev–Trinajstić information content (AvgIpc) is 3.37. The smallest absolute Gasteiger partial charge is 0.397 e. The number of aromatic nitrogens is 3. The summed E-state index contributed by atoms with van der Waals surface area (Å²) in [6.07, 6.45) is 0. The van der Waals surface area contributed by atoms with Crippen LogP contribution < -0.4 is 16.4 Å². The summed E-state index contributed by atoms with van der Waals surface area (Å²) >= 11 is 6.30. The van der Waals surface area contributed by atoms with Crippen LogP contribution in [-0.2, 0) is 87.8 Å². The van der Waals surface area contributed by atoms with Crippen LogP contribution in [-0.4, -0.2) is 124 Å². The lowest BCUT2D eigenvalue weighted by Crippen LogP contribution is -2.15. The van der Waals surface area contributed by atoms with Gasteiger partial charge >= 0.3 is 20.8 Å². The number of fused-ring (bicyclic) bond motifs is 1. The molecule has 426 valence electrons. The van der Waals surface area contributed by atoms with E-state index in [0.29, 0.717) is 0 Å². The zero-order valence-electron chi connectivity index (χ0n) is 38.1. The number of hydrogen-bond acceptors (Lipinski definition) is 33. The molecule has 79 heavy (non-hydrogen) atoms. The van der Waals surface area contributed by atoms with Crippen LogP contribution in [0.1, 0.15) is 0 Å². The van der Waals surface area contributed by atoms with E-state index in [1.165, 1.54) is 18.2 Å². The molecule has 0 unspecified atom stereocenters. The van der Waals surface area contributed by atoms with Crippen LogP contribution in [0.25, 0.3) is 10.8 Å². The van der Waals surface area contributed by atoms with Crippen molar-refractivity contribution in [3.63, 3.8) is 0 Å². The van der Waals surface area contributed by atoms with Gasteiger partial charge in [0, 0.05) is 22.1 Å². The predicted octanol–water partition coefficient (Wildman–Crippen LogP) is 5.82. The van der Waals surface area contributed by atoms with E-state index in [4.69, 9.17) is 37.0 Å². The van der Waals surface area contributed by atoms with Crippen molar-refractivity contribution in [2.45, 2.75) is 29.4 Å². The number of rotatable bonds is 26. The number of hydrogen-bond donors (Lipinski definition) is 10. The van der Waals surface area contributed by atoms with E-state index < -0.39 is 150 Å². The highest BCUT2D eigenvalue weighted by Crippen LogP contribution is 2.49. The van der Waals surface area contributed by atoms with Gasteiger partial charge in [-0.1, -0.05) is 16.1 Å². The Kier molecular flexibility index (Phi) is 19.8. The molecule has 0 amide bonds. The van der Waals surface area contributed by atoms with Gasteiger partial charge in [0.2, 0.25) is 17.2 Å². The number of anilines is 5. The number of nitrogens with one attached hydrogen (secondary N) is 2. The third kappa shape index (κ3) is 17.0. The first-order chi connectivity index (χ1) is 36.8.